The minimum atomic E-state index is -1.72. The van der Waals surface area contributed by atoms with E-state index in [0.717, 1.165) is 6.07 Å². The standard InChI is InChI=1S/C13H14FNO6/c1-6(16)15-10-7(3-4-9(14)11(10)21-2)5-8(12(17)18)13(19)20/h3-4,8H,5H2,1-2H3,(H,15,16)(H,17,18)(H,19,20). The summed E-state index contributed by atoms with van der Waals surface area (Å²) < 4.78 is 18.5. The zero-order chi connectivity index (χ0) is 16.2. The molecule has 7 nitrogen and oxygen atoms in total. The Morgan fingerprint density at radius 2 is 1.86 bits per heavy atom. The summed E-state index contributed by atoms with van der Waals surface area (Å²) in [6.07, 6.45) is -0.420. The van der Waals surface area contributed by atoms with Gasteiger partial charge in [-0.25, -0.2) is 4.39 Å². The van der Waals surface area contributed by atoms with Gasteiger partial charge in [-0.1, -0.05) is 6.07 Å². The van der Waals surface area contributed by atoms with E-state index in [0.29, 0.717) is 0 Å². The van der Waals surface area contributed by atoms with Crippen LogP contribution in [0.5, 0.6) is 5.75 Å². The molecule has 0 radical (unpaired) electrons. The second-order valence-corrected chi connectivity index (χ2v) is 4.23. The summed E-state index contributed by atoms with van der Waals surface area (Å²) in [5.74, 6) is -6.33. The molecule has 0 aliphatic rings. The van der Waals surface area contributed by atoms with Crippen molar-refractivity contribution in [3.8, 4) is 5.75 Å². The van der Waals surface area contributed by atoms with Crippen LogP contribution in [-0.4, -0.2) is 35.2 Å². The molecule has 0 unspecified atom stereocenters. The molecule has 1 rings (SSSR count). The number of nitrogens with one attached hydrogen (secondary N) is 1. The van der Waals surface area contributed by atoms with E-state index in [1.54, 1.807) is 0 Å². The predicted molar refractivity (Wildman–Crippen MR) is 69.7 cm³/mol. The van der Waals surface area contributed by atoms with E-state index in [4.69, 9.17) is 14.9 Å². The molecule has 1 aromatic carbocycles. The molecule has 0 fully saturated rings. The number of hydrogen-bond acceptors (Lipinski definition) is 4. The first kappa shape index (κ1) is 16.4. The van der Waals surface area contributed by atoms with Crippen molar-refractivity contribution in [3.05, 3.63) is 23.5 Å². The number of ether oxygens (including phenoxy) is 1. The molecule has 0 spiro atoms. The number of carboxylic acid groups (broad SMARTS) is 2. The van der Waals surface area contributed by atoms with Crippen LogP contribution in [0.25, 0.3) is 0 Å². The lowest BCUT2D eigenvalue weighted by Gasteiger charge is -2.16. The van der Waals surface area contributed by atoms with Gasteiger partial charge in [-0.2, -0.15) is 0 Å². The zero-order valence-electron chi connectivity index (χ0n) is 11.3. The van der Waals surface area contributed by atoms with Crippen LogP contribution in [-0.2, 0) is 20.8 Å². The maximum Gasteiger partial charge on any atom is 0.318 e. The molecule has 0 aliphatic heterocycles. The quantitative estimate of drug-likeness (QED) is 0.678. The molecule has 0 heterocycles. The molecule has 21 heavy (non-hydrogen) atoms. The van der Waals surface area contributed by atoms with Crippen molar-refractivity contribution in [1.29, 1.82) is 0 Å². The number of carboxylic acids is 2. The smallest absolute Gasteiger partial charge is 0.318 e. The molecule has 3 N–H and O–H groups in total. The summed E-state index contributed by atoms with van der Waals surface area (Å²) in [5.41, 5.74) is 0.0794. The molecule has 114 valence electrons. The van der Waals surface area contributed by atoms with Gasteiger partial charge >= 0.3 is 11.9 Å². The molecule has 0 aromatic heterocycles. The molecule has 0 bridgehead atoms. The predicted octanol–water partition coefficient (Wildman–Crippen LogP) is 1.12. The second-order valence-electron chi connectivity index (χ2n) is 4.23. The summed E-state index contributed by atoms with van der Waals surface area (Å²) in [7, 11) is 1.18. The first-order valence-electron chi connectivity index (χ1n) is 5.86. The van der Waals surface area contributed by atoms with Gasteiger partial charge in [0.2, 0.25) is 5.91 Å². The van der Waals surface area contributed by atoms with Crippen molar-refractivity contribution in [2.45, 2.75) is 13.3 Å². The third-order valence-electron chi connectivity index (χ3n) is 2.72. The van der Waals surface area contributed by atoms with Crippen LogP contribution in [0.1, 0.15) is 12.5 Å². The zero-order valence-corrected chi connectivity index (χ0v) is 11.3. The van der Waals surface area contributed by atoms with E-state index in [1.165, 1.54) is 20.1 Å². The second kappa shape index (κ2) is 6.69. The summed E-state index contributed by atoms with van der Waals surface area (Å²) in [5, 5.41) is 20.1. The number of methoxy groups -OCH3 is 1. The van der Waals surface area contributed by atoms with E-state index in [-0.39, 0.29) is 17.0 Å². The SMILES string of the molecule is COc1c(F)ccc(CC(C(=O)O)C(=O)O)c1NC(C)=O. The van der Waals surface area contributed by atoms with Crippen LogP contribution >= 0.6 is 0 Å². The number of anilines is 1. The van der Waals surface area contributed by atoms with Gasteiger partial charge in [0.05, 0.1) is 12.8 Å². The molecule has 0 saturated heterocycles. The summed E-state index contributed by atoms with van der Waals surface area (Å²) >= 11 is 0. The molecule has 8 heteroatoms. The van der Waals surface area contributed by atoms with Gasteiger partial charge in [0, 0.05) is 6.92 Å². The topological polar surface area (TPSA) is 113 Å². The van der Waals surface area contributed by atoms with Crippen molar-refractivity contribution in [3.63, 3.8) is 0 Å². The Hall–Kier alpha value is -2.64. The van der Waals surface area contributed by atoms with Gasteiger partial charge in [0.15, 0.2) is 17.5 Å². The Morgan fingerprint density at radius 3 is 2.29 bits per heavy atom. The summed E-state index contributed by atoms with van der Waals surface area (Å²) in [6, 6.07) is 2.22. The Balaban J connectivity index is 3.31. The lowest BCUT2D eigenvalue weighted by molar-refractivity contribution is -0.154. The van der Waals surface area contributed by atoms with Crippen molar-refractivity contribution in [1.82, 2.24) is 0 Å². The maximum atomic E-state index is 13.6. The molecule has 0 atom stereocenters. The highest BCUT2D eigenvalue weighted by molar-refractivity contribution is 5.95. The molecule has 0 saturated carbocycles. The Bertz CT molecular complexity index is 572. The normalized spacial score (nSPS) is 10.3. The first-order chi connectivity index (χ1) is 9.77. The van der Waals surface area contributed by atoms with Crippen LogP contribution in [0, 0.1) is 11.7 Å². The van der Waals surface area contributed by atoms with Crippen LogP contribution in [0.15, 0.2) is 12.1 Å². The van der Waals surface area contributed by atoms with Gasteiger partial charge in [0.25, 0.3) is 0 Å². The van der Waals surface area contributed by atoms with E-state index >= 15 is 0 Å². The largest absolute Gasteiger partial charge is 0.492 e. The number of benzene rings is 1. The van der Waals surface area contributed by atoms with E-state index in [1.807, 2.05) is 0 Å². The fraction of sp³-hybridized carbons (Fsp3) is 0.308. The van der Waals surface area contributed by atoms with Gasteiger partial charge in [0.1, 0.15) is 0 Å². The molecular weight excluding hydrogens is 285 g/mol. The van der Waals surface area contributed by atoms with Crippen LogP contribution in [0.2, 0.25) is 0 Å². The van der Waals surface area contributed by atoms with Gasteiger partial charge in [-0.05, 0) is 18.1 Å². The van der Waals surface area contributed by atoms with Gasteiger partial charge in [-0.3, -0.25) is 14.4 Å². The number of halogens is 1. The van der Waals surface area contributed by atoms with Crippen LogP contribution < -0.4 is 10.1 Å². The van der Waals surface area contributed by atoms with E-state index in [2.05, 4.69) is 5.32 Å². The lowest BCUT2D eigenvalue weighted by atomic mass is 9.97. The number of hydrogen-bond donors (Lipinski definition) is 3. The molecule has 0 aliphatic carbocycles. The minimum absolute atomic E-state index is 0.0718. The van der Waals surface area contributed by atoms with Crippen molar-refractivity contribution >= 4 is 23.5 Å². The Labute approximate surface area is 119 Å². The Morgan fingerprint density at radius 1 is 1.29 bits per heavy atom. The number of carbonyl (C=O) groups excluding carboxylic acids is 1. The maximum absolute atomic E-state index is 13.6. The monoisotopic (exact) mass is 299 g/mol. The highest BCUT2D eigenvalue weighted by Gasteiger charge is 2.28. The average molecular weight is 299 g/mol. The third-order valence-corrected chi connectivity index (χ3v) is 2.72. The number of amides is 1. The number of aliphatic carboxylic acids is 2. The number of carbonyl (C=O) groups is 3. The van der Waals surface area contributed by atoms with E-state index < -0.39 is 36.0 Å². The van der Waals surface area contributed by atoms with E-state index in [9.17, 15) is 18.8 Å². The number of rotatable bonds is 6. The fourth-order valence-electron chi connectivity index (χ4n) is 1.78. The third kappa shape index (κ3) is 3.91. The molecule has 1 aromatic rings. The lowest BCUT2D eigenvalue weighted by Crippen LogP contribution is -2.26. The summed E-state index contributed by atoms with van der Waals surface area (Å²) in [6.45, 7) is 1.18. The average Bonchev–Trinajstić information content (AvgIpc) is 2.36. The Kier molecular flexibility index (Phi) is 5.23. The molecule has 1 amide bonds. The highest BCUT2D eigenvalue weighted by Crippen LogP contribution is 2.33. The van der Waals surface area contributed by atoms with Crippen molar-refractivity contribution < 1.29 is 33.7 Å². The minimum Gasteiger partial charge on any atom is -0.492 e. The summed E-state index contributed by atoms with van der Waals surface area (Å²) in [4.78, 5) is 33.0. The molecular formula is C13H14FNO6. The van der Waals surface area contributed by atoms with Crippen molar-refractivity contribution in [2.24, 2.45) is 5.92 Å². The van der Waals surface area contributed by atoms with Gasteiger partial charge in [-0.15, -0.1) is 0 Å². The van der Waals surface area contributed by atoms with Crippen LogP contribution in [0.3, 0.4) is 0 Å². The van der Waals surface area contributed by atoms with Gasteiger partial charge < -0.3 is 20.3 Å². The fourth-order valence-corrected chi connectivity index (χ4v) is 1.78. The first-order valence-corrected chi connectivity index (χ1v) is 5.86. The van der Waals surface area contributed by atoms with Crippen molar-refractivity contribution in [2.75, 3.05) is 12.4 Å². The van der Waals surface area contributed by atoms with Crippen LogP contribution in [0.4, 0.5) is 10.1 Å². The highest BCUT2D eigenvalue weighted by atomic mass is 19.1.